The lowest BCUT2D eigenvalue weighted by atomic mass is 10.00. The molecule has 0 bridgehead atoms. The van der Waals surface area contributed by atoms with Crippen molar-refractivity contribution >= 4 is 31.9 Å². The summed E-state index contributed by atoms with van der Waals surface area (Å²) in [7, 11) is 6.52. The molecule has 2 aromatic rings. The summed E-state index contributed by atoms with van der Waals surface area (Å²) in [6.07, 6.45) is 0. The summed E-state index contributed by atoms with van der Waals surface area (Å²) in [4.78, 5) is 0. The van der Waals surface area contributed by atoms with Crippen molar-refractivity contribution in [3.05, 3.63) is 32.7 Å². The molecule has 124 valence electrons. The molecule has 0 spiro atoms. The highest BCUT2D eigenvalue weighted by molar-refractivity contribution is 9.11. The Kier molecular flexibility index (Phi) is 5.81. The molecule has 0 amide bonds. The van der Waals surface area contributed by atoms with Crippen LogP contribution in [0.3, 0.4) is 0 Å². The molecule has 0 saturated heterocycles. The van der Waals surface area contributed by atoms with Gasteiger partial charge in [-0.2, -0.15) is 0 Å². The van der Waals surface area contributed by atoms with Crippen molar-refractivity contribution in [1.29, 1.82) is 0 Å². The van der Waals surface area contributed by atoms with E-state index in [0.717, 1.165) is 37.1 Å². The van der Waals surface area contributed by atoms with E-state index in [1.54, 1.807) is 28.4 Å². The third-order valence-corrected chi connectivity index (χ3v) is 4.84. The Balaban J connectivity index is 2.84. The van der Waals surface area contributed by atoms with Crippen molar-refractivity contribution in [3.8, 4) is 34.1 Å². The summed E-state index contributed by atoms with van der Waals surface area (Å²) in [6, 6.07) is 5.65. The largest absolute Gasteiger partial charge is 0.497 e. The van der Waals surface area contributed by atoms with Gasteiger partial charge < -0.3 is 18.9 Å². The molecule has 23 heavy (non-hydrogen) atoms. The van der Waals surface area contributed by atoms with E-state index in [-0.39, 0.29) is 0 Å². The van der Waals surface area contributed by atoms with Gasteiger partial charge in [-0.25, -0.2) is 0 Å². The van der Waals surface area contributed by atoms with Crippen molar-refractivity contribution in [1.82, 2.24) is 0 Å². The number of methoxy groups -OCH3 is 4. The molecule has 2 rings (SSSR count). The second-order valence-electron chi connectivity index (χ2n) is 4.78. The lowest BCUT2D eigenvalue weighted by Crippen LogP contribution is -1.99. The van der Waals surface area contributed by atoms with Crippen LogP contribution in [0, 0.1) is 6.92 Å². The second kappa shape index (κ2) is 7.45. The SMILES string of the molecule is COc1cc(Br)c(-c2c(Br)cc(OC)c(C)c2OC)c(OC)c1. The minimum Gasteiger partial charge on any atom is -0.497 e. The molecule has 0 radical (unpaired) electrons. The first kappa shape index (κ1) is 17.9. The van der Waals surface area contributed by atoms with Crippen molar-refractivity contribution in [2.24, 2.45) is 0 Å². The van der Waals surface area contributed by atoms with Crippen LogP contribution in [0.4, 0.5) is 0 Å². The molecule has 0 heterocycles. The fourth-order valence-electron chi connectivity index (χ4n) is 2.48. The Morgan fingerprint density at radius 1 is 0.696 bits per heavy atom. The molecule has 0 atom stereocenters. The van der Waals surface area contributed by atoms with Crippen LogP contribution in [0.1, 0.15) is 5.56 Å². The molecular formula is C17H18Br2O4. The Bertz CT molecular complexity index is 729. The van der Waals surface area contributed by atoms with E-state index >= 15 is 0 Å². The quantitative estimate of drug-likeness (QED) is 0.632. The molecule has 0 aromatic heterocycles. The van der Waals surface area contributed by atoms with Crippen LogP contribution in [0.2, 0.25) is 0 Å². The zero-order chi connectivity index (χ0) is 17.1. The van der Waals surface area contributed by atoms with E-state index < -0.39 is 0 Å². The van der Waals surface area contributed by atoms with Crippen molar-refractivity contribution in [2.45, 2.75) is 6.92 Å². The smallest absolute Gasteiger partial charge is 0.134 e. The van der Waals surface area contributed by atoms with Gasteiger partial charge in [0.05, 0.1) is 28.4 Å². The second-order valence-corrected chi connectivity index (χ2v) is 6.49. The third-order valence-electron chi connectivity index (χ3n) is 3.59. The molecule has 4 nitrogen and oxygen atoms in total. The minimum absolute atomic E-state index is 0.680. The van der Waals surface area contributed by atoms with Gasteiger partial charge in [-0.15, -0.1) is 0 Å². The van der Waals surface area contributed by atoms with Crippen LogP contribution in [-0.2, 0) is 0 Å². The van der Waals surface area contributed by atoms with Crippen molar-refractivity contribution in [3.63, 3.8) is 0 Å². The van der Waals surface area contributed by atoms with E-state index in [2.05, 4.69) is 31.9 Å². The van der Waals surface area contributed by atoms with Gasteiger partial charge in [0.2, 0.25) is 0 Å². The van der Waals surface area contributed by atoms with Gasteiger partial charge in [0.25, 0.3) is 0 Å². The van der Waals surface area contributed by atoms with E-state index in [0.29, 0.717) is 11.5 Å². The van der Waals surface area contributed by atoms with Gasteiger partial charge in [0.15, 0.2) is 0 Å². The lowest BCUT2D eigenvalue weighted by molar-refractivity contribution is 0.387. The average Bonchev–Trinajstić information content (AvgIpc) is 2.55. The summed E-state index contributed by atoms with van der Waals surface area (Å²) in [5.74, 6) is 2.86. The maximum atomic E-state index is 5.65. The third kappa shape index (κ3) is 3.28. The zero-order valence-electron chi connectivity index (χ0n) is 13.6. The van der Waals surface area contributed by atoms with Gasteiger partial charge >= 0.3 is 0 Å². The summed E-state index contributed by atoms with van der Waals surface area (Å²) < 4.78 is 23.6. The van der Waals surface area contributed by atoms with Crippen LogP contribution in [0.5, 0.6) is 23.0 Å². The summed E-state index contributed by atoms with van der Waals surface area (Å²) >= 11 is 7.22. The lowest BCUT2D eigenvalue weighted by Gasteiger charge is -2.20. The highest BCUT2D eigenvalue weighted by Crippen LogP contribution is 2.49. The van der Waals surface area contributed by atoms with Crippen LogP contribution in [-0.4, -0.2) is 28.4 Å². The fourth-order valence-corrected chi connectivity index (χ4v) is 3.69. The Labute approximate surface area is 153 Å². The predicted molar refractivity (Wildman–Crippen MR) is 98.2 cm³/mol. The van der Waals surface area contributed by atoms with Gasteiger partial charge in [-0.1, -0.05) is 0 Å². The molecule has 0 unspecified atom stereocenters. The molecule has 0 saturated carbocycles. The molecule has 0 N–H and O–H groups in total. The van der Waals surface area contributed by atoms with E-state index in [1.165, 1.54) is 0 Å². The Morgan fingerprint density at radius 2 is 1.30 bits per heavy atom. The van der Waals surface area contributed by atoms with Crippen molar-refractivity contribution in [2.75, 3.05) is 28.4 Å². The van der Waals surface area contributed by atoms with Crippen LogP contribution >= 0.6 is 31.9 Å². The van der Waals surface area contributed by atoms with Gasteiger partial charge in [0.1, 0.15) is 23.0 Å². The first-order chi connectivity index (χ1) is 11.0. The van der Waals surface area contributed by atoms with Crippen LogP contribution < -0.4 is 18.9 Å². The fraction of sp³-hybridized carbons (Fsp3) is 0.294. The average molecular weight is 446 g/mol. The summed E-state index contributed by atoms with van der Waals surface area (Å²) in [5.41, 5.74) is 2.68. The number of ether oxygens (including phenoxy) is 4. The van der Waals surface area contributed by atoms with Gasteiger partial charge in [-0.3, -0.25) is 0 Å². The van der Waals surface area contributed by atoms with Crippen LogP contribution in [0.15, 0.2) is 27.1 Å². The molecule has 0 aliphatic carbocycles. The predicted octanol–water partition coefficient (Wildman–Crippen LogP) is 5.22. The van der Waals surface area contributed by atoms with Gasteiger partial charge in [0, 0.05) is 31.7 Å². The van der Waals surface area contributed by atoms with Gasteiger partial charge in [-0.05, 0) is 50.9 Å². The van der Waals surface area contributed by atoms with E-state index in [1.807, 2.05) is 25.1 Å². The number of benzene rings is 2. The number of rotatable bonds is 5. The summed E-state index contributed by atoms with van der Waals surface area (Å²) in [5, 5.41) is 0. The first-order valence-electron chi connectivity index (χ1n) is 6.81. The van der Waals surface area contributed by atoms with E-state index in [4.69, 9.17) is 18.9 Å². The maximum Gasteiger partial charge on any atom is 0.134 e. The molecule has 2 aromatic carbocycles. The maximum absolute atomic E-state index is 5.65. The summed E-state index contributed by atoms with van der Waals surface area (Å²) in [6.45, 7) is 1.96. The van der Waals surface area contributed by atoms with Crippen LogP contribution in [0.25, 0.3) is 11.1 Å². The highest BCUT2D eigenvalue weighted by Gasteiger charge is 2.23. The minimum atomic E-state index is 0.680. The molecule has 6 heteroatoms. The zero-order valence-corrected chi connectivity index (χ0v) is 16.8. The molecule has 0 aliphatic rings. The highest BCUT2D eigenvalue weighted by atomic mass is 79.9. The Morgan fingerprint density at radius 3 is 1.83 bits per heavy atom. The van der Waals surface area contributed by atoms with Crippen molar-refractivity contribution < 1.29 is 18.9 Å². The number of halogens is 2. The molecule has 0 aliphatic heterocycles. The number of hydrogen-bond donors (Lipinski definition) is 0. The van der Waals surface area contributed by atoms with E-state index in [9.17, 15) is 0 Å². The monoisotopic (exact) mass is 444 g/mol. The first-order valence-corrected chi connectivity index (χ1v) is 8.40. The molecular weight excluding hydrogens is 428 g/mol. The standard InChI is InChI=1S/C17H18Br2O4/c1-9-13(21-3)8-12(19)16(17(9)23-5)15-11(18)6-10(20-2)7-14(15)22-4/h6-8H,1-5H3. The Hall–Kier alpha value is -1.40. The number of hydrogen-bond acceptors (Lipinski definition) is 4. The topological polar surface area (TPSA) is 36.9 Å². The normalized spacial score (nSPS) is 10.4. The molecule has 0 fully saturated rings.